The maximum Gasteiger partial charge on any atom is 0.276 e. The predicted molar refractivity (Wildman–Crippen MR) is 61.9 cm³/mol. The molecule has 1 aliphatic heterocycles. The van der Waals surface area contributed by atoms with Gasteiger partial charge in [-0.25, -0.2) is 4.98 Å². The Bertz CT molecular complexity index is 361. The second-order valence-corrected chi connectivity index (χ2v) is 3.82. The molecule has 1 unspecified atom stereocenters. The third-order valence-corrected chi connectivity index (χ3v) is 2.85. The zero-order valence-corrected chi connectivity index (χ0v) is 10.2. The van der Waals surface area contributed by atoms with Gasteiger partial charge in [-0.2, -0.15) is 0 Å². The number of amides is 1. The van der Waals surface area contributed by atoms with Crippen LogP contribution < -0.4 is 5.32 Å². The molecule has 1 aliphatic rings. The summed E-state index contributed by atoms with van der Waals surface area (Å²) in [7, 11) is 1.81. The van der Waals surface area contributed by atoms with Crippen LogP contribution >= 0.6 is 12.4 Å². The predicted octanol–water partition coefficient (Wildman–Crippen LogP) is 0.839. The molecule has 1 atom stereocenters. The number of oxazole rings is 1. The smallest absolute Gasteiger partial charge is 0.276 e. The van der Waals surface area contributed by atoms with Crippen molar-refractivity contribution in [2.45, 2.75) is 19.4 Å². The van der Waals surface area contributed by atoms with Crippen LogP contribution in [0.3, 0.4) is 0 Å². The Balaban J connectivity index is 0.00000128. The van der Waals surface area contributed by atoms with E-state index in [0.29, 0.717) is 11.5 Å². The largest absolute Gasteiger partial charge is 0.448 e. The van der Waals surface area contributed by atoms with Gasteiger partial charge in [0.25, 0.3) is 5.91 Å². The molecular weight excluding hydrogens is 230 g/mol. The van der Waals surface area contributed by atoms with Gasteiger partial charge in [-0.15, -0.1) is 12.4 Å². The van der Waals surface area contributed by atoms with Crippen LogP contribution in [-0.4, -0.2) is 42.0 Å². The molecular formula is C10H16ClN3O2. The molecule has 1 fully saturated rings. The molecule has 0 bridgehead atoms. The minimum atomic E-state index is -0.0602. The number of carbonyl (C=O) groups is 1. The molecule has 0 radical (unpaired) electrons. The number of halogens is 1. The molecule has 1 aromatic heterocycles. The van der Waals surface area contributed by atoms with Gasteiger partial charge in [-0.1, -0.05) is 0 Å². The van der Waals surface area contributed by atoms with Gasteiger partial charge >= 0.3 is 0 Å². The SMILES string of the molecule is Cc1ocnc1C(=O)N(C)C1CCNC1.Cl. The first-order chi connectivity index (χ1) is 7.20. The third kappa shape index (κ3) is 2.36. The molecule has 0 aliphatic carbocycles. The number of hydrogen-bond donors (Lipinski definition) is 1. The first-order valence-corrected chi connectivity index (χ1v) is 5.08. The molecule has 1 aromatic rings. The number of nitrogens with one attached hydrogen (secondary N) is 1. The summed E-state index contributed by atoms with van der Waals surface area (Å²) in [5.74, 6) is 0.521. The molecule has 1 saturated heterocycles. The lowest BCUT2D eigenvalue weighted by Gasteiger charge is -2.22. The first-order valence-electron chi connectivity index (χ1n) is 5.08. The average molecular weight is 246 g/mol. The summed E-state index contributed by atoms with van der Waals surface area (Å²) in [5.41, 5.74) is 0.421. The van der Waals surface area contributed by atoms with Crippen LogP contribution in [0.1, 0.15) is 22.7 Å². The topological polar surface area (TPSA) is 58.4 Å². The number of aryl methyl sites for hydroxylation is 1. The Labute approximate surface area is 101 Å². The van der Waals surface area contributed by atoms with Crippen LogP contribution in [0.5, 0.6) is 0 Å². The highest BCUT2D eigenvalue weighted by atomic mass is 35.5. The maximum atomic E-state index is 12.0. The molecule has 5 nitrogen and oxygen atoms in total. The lowest BCUT2D eigenvalue weighted by Crippen LogP contribution is -2.38. The number of aromatic nitrogens is 1. The van der Waals surface area contributed by atoms with Crippen molar-refractivity contribution in [2.24, 2.45) is 0 Å². The molecule has 1 amide bonds. The zero-order chi connectivity index (χ0) is 10.8. The number of nitrogens with zero attached hydrogens (tertiary/aromatic N) is 2. The monoisotopic (exact) mass is 245 g/mol. The van der Waals surface area contributed by atoms with Crippen molar-refractivity contribution in [3.05, 3.63) is 17.8 Å². The Morgan fingerprint density at radius 3 is 2.94 bits per heavy atom. The fraction of sp³-hybridized carbons (Fsp3) is 0.600. The molecule has 6 heteroatoms. The van der Waals surface area contributed by atoms with Gasteiger partial charge in [0, 0.05) is 19.6 Å². The molecule has 0 saturated carbocycles. The van der Waals surface area contributed by atoms with Crippen molar-refractivity contribution in [3.63, 3.8) is 0 Å². The van der Waals surface area contributed by atoms with Gasteiger partial charge in [0.2, 0.25) is 0 Å². The quantitative estimate of drug-likeness (QED) is 0.839. The molecule has 16 heavy (non-hydrogen) atoms. The van der Waals surface area contributed by atoms with E-state index in [-0.39, 0.29) is 24.4 Å². The summed E-state index contributed by atoms with van der Waals surface area (Å²) < 4.78 is 5.02. The Kier molecular flexibility index (Phi) is 4.32. The van der Waals surface area contributed by atoms with Crippen LogP contribution in [0.4, 0.5) is 0 Å². The maximum absolute atomic E-state index is 12.0. The van der Waals surface area contributed by atoms with E-state index in [4.69, 9.17) is 4.42 Å². The fourth-order valence-corrected chi connectivity index (χ4v) is 1.81. The first kappa shape index (κ1) is 13.0. The van der Waals surface area contributed by atoms with Crippen LogP contribution in [0, 0.1) is 6.92 Å². The number of hydrogen-bond acceptors (Lipinski definition) is 4. The van der Waals surface area contributed by atoms with Crippen LogP contribution in [0.2, 0.25) is 0 Å². The summed E-state index contributed by atoms with van der Waals surface area (Å²) in [5, 5.41) is 3.23. The van der Waals surface area contributed by atoms with E-state index in [1.165, 1.54) is 6.39 Å². The highest BCUT2D eigenvalue weighted by molar-refractivity contribution is 5.93. The summed E-state index contributed by atoms with van der Waals surface area (Å²) in [6.07, 6.45) is 2.31. The van der Waals surface area contributed by atoms with E-state index in [0.717, 1.165) is 19.5 Å². The molecule has 0 aromatic carbocycles. The van der Waals surface area contributed by atoms with Gasteiger partial charge < -0.3 is 14.6 Å². The molecule has 1 N–H and O–H groups in total. The van der Waals surface area contributed by atoms with Crippen LogP contribution in [0.25, 0.3) is 0 Å². The molecule has 2 rings (SSSR count). The third-order valence-electron chi connectivity index (χ3n) is 2.85. The van der Waals surface area contributed by atoms with Gasteiger partial charge in [0.05, 0.1) is 0 Å². The van der Waals surface area contributed by atoms with Crippen molar-refractivity contribution in [3.8, 4) is 0 Å². The number of carbonyl (C=O) groups excluding carboxylic acids is 1. The van der Waals surface area contributed by atoms with E-state index in [1.54, 1.807) is 11.8 Å². The lowest BCUT2D eigenvalue weighted by molar-refractivity contribution is 0.0737. The summed E-state index contributed by atoms with van der Waals surface area (Å²) >= 11 is 0. The summed E-state index contributed by atoms with van der Waals surface area (Å²) in [6.45, 7) is 3.58. The summed E-state index contributed by atoms with van der Waals surface area (Å²) in [4.78, 5) is 17.7. The summed E-state index contributed by atoms with van der Waals surface area (Å²) in [6, 6.07) is 0.272. The van der Waals surface area contributed by atoms with E-state index < -0.39 is 0 Å². The minimum Gasteiger partial charge on any atom is -0.448 e. The second kappa shape index (κ2) is 5.32. The Morgan fingerprint density at radius 2 is 2.44 bits per heavy atom. The number of likely N-dealkylation sites (N-methyl/N-ethyl adjacent to an activating group) is 1. The van der Waals surface area contributed by atoms with E-state index in [9.17, 15) is 4.79 Å². The van der Waals surface area contributed by atoms with Crippen molar-refractivity contribution >= 4 is 18.3 Å². The van der Waals surface area contributed by atoms with Crippen LogP contribution in [0.15, 0.2) is 10.8 Å². The van der Waals surface area contributed by atoms with Gasteiger partial charge in [-0.05, 0) is 19.9 Å². The van der Waals surface area contributed by atoms with Crippen molar-refractivity contribution in [1.29, 1.82) is 0 Å². The Morgan fingerprint density at radius 1 is 1.69 bits per heavy atom. The Hall–Kier alpha value is -1.07. The van der Waals surface area contributed by atoms with E-state index >= 15 is 0 Å². The zero-order valence-electron chi connectivity index (χ0n) is 9.40. The lowest BCUT2D eigenvalue weighted by atomic mass is 10.2. The van der Waals surface area contributed by atoms with Crippen molar-refractivity contribution < 1.29 is 9.21 Å². The van der Waals surface area contributed by atoms with Crippen LogP contribution in [-0.2, 0) is 0 Å². The second-order valence-electron chi connectivity index (χ2n) is 3.82. The minimum absolute atomic E-state index is 0. The van der Waals surface area contributed by atoms with Gasteiger partial charge in [-0.3, -0.25) is 4.79 Å². The molecule has 90 valence electrons. The normalized spacial score (nSPS) is 19.2. The standard InChI is InChI=1S/C10H15N3O2.ClH/c1-7-9(12-6-15-7)10(14)13(2)8-3-4-11-5-8;/h6,8,11H,3-5H2,1-2H3;1H. The van der Waals surface area contributed by atoms with Crippen molar-refractivity contribution in [2.75, 3.05) is 20.1 Å². The fourth-order valence-electron chi connectivity index (χ4n) is 1.81. The number of rotatable bonds is 2. The van der Waals surface area contributed by atoms with E-state index in [2.05, 4.69) is 10.3 Å². The van der Waals surface area contributed by atoms with Gasteiger partial charge in [0.1, 0.15) is 5.76 Å². The van der Waals surface area contributed by atoms with E-state index in [1.807, 2.05) is 7.05 Å². The molecule has 0 spiro atoms. The van der Waals surface area contributed by atoms with Gasteiger partial charge in [0.15, 0.2) is 12.1 Å². The average Bonchev–Trinajstić information content (AvgIpc) is 2.85. The highest BCUT2D eigenvalue weighted by Crippen LogP contribution is 2.12. The highest BCUT2D eigenvalue weighted by Gasteiger charge is 2.26. The van der Waals surface area contributed by atoms with Crippen molar-refractivity contribution in [1.82, 2.24) is 15.2 Å². The molecule has 2 heterocycles.